The van der Waals surface area contributed by atoms with Crippen LogP contribution in [-0.4, -0.2) is 65.9 Å². The van der Waals surface area contributed by atoms with Gasteiger partial charge >= 0.3 is 6.03 Å². The van der Waals surface area contributed by atoms with E-state index in [4.69, 9.17) is 0 Å². The third-order valence-corrected chi connectivity index (χ3v) is 6.97. The molecule has 1 unspecified atom stereocenters. The van der Waals surface area contributed by atoms with Crippen LogP contribution in [0.1, 0.15) is 29.5 Å². The van der Waals surface area contributed by atoms with Crippen LogP contribution in [0.25, 0.3) is 5.57 Å². The predicted octanol–water partition coefficient (Wildman–Crippen LogP) is 6.18. The molecule has 9 heteroatoms. The number of hydrogen-bond donors (Lipinski definition) is 0. The standard InChI is InChI=1S/C30H32F4N4O/c1-36(2)29(39)38-20-23(26-17-25(31)9-10-27(26)32)18-30(38,24-7-4-3-5-8-24)13-6-16-37(21-28(33)34)19-22-11-14-35-15-12-22/h3-5,7-12,14-15,17-18,28H,6,13,16,19-21H2,1-2H3. The van der Waals surface area contributed by atoms with Crippen LogP contribution in [0.4, 0.5) is 22.4 Å². The van der Waals surface area contributed by atoms with Gasteiger partial charge in [-0.1, -0.05) is 30.3 Å². The van der Waals surface area contributed by atoms with Crippen LogP contribution in [0.15, 0.2) is 79.1 Å². The minimum atomic E-state index is -2.50. The lowest BCUT2D eigenvalue weighted by atomic mass is 9.84. The first kappa shape index (κ1) is 28.3. The Morgan fingerprint density at radius 1 is 1.05 bits per heavy atom. The van der Waals surface area contributed by atoms with E-state index in [1.807, 2.05) is 36.4 Å². The van der Waals surface area contributed by atoms with E-state index in [1.165, 1.54) is 4.90 Å². The molecule has 1 aliphatic heterocycles. The number of urea groups is 1. The van der Waals surface area contributed by atoms with Gasteiger partial charge in [-0.3, -0.25) is 9.88 Å². The molecule has 3 aromatic rings. The van der Waals surface area contributed by atoms with Gasteiger partial charge in [-0.15, -0.1) is 0 Å². The normalized spacial score (nSPS) is 17.1. The zero-order valence-corrected chi connectivity index (χ0v) is 22.0. The molecule has 0 saturated heterocycles. The van der Waals surface area contributed by atoms with Gasteiger partial charge in [0.05, 0.1) is 12.1 Å². The molecular formula is C30H32F4N4O. The molecule has 4 rings (SSSR count). The summed E-state index contributed by atoms with van der Waals surface area (Å²) >= 11 is 0. The molecule has 0 radical (unpaired) electrons. The van der Waals surface area contributed by atoms with Gasteiger partial charge in [0.25, 0.3) is 6.43 Å². The molecule has 1 aliphatic rings. The number of nitrogens with zero attached hydrogens (tertiary/aromatic N) is 4. The predicted molar refractivity (Wildman–Crippen MR) is 143 cm³/mol. The van der Waals surface area contributed by atoms with E-state index >= 15 is 0 Å². The van der Waals surface area contributed by atoms with E-state index in [9.17, 15) is 22.4 Å². The van der Waals surface area contributed by atoms with Crippen LogP contribution in [0.5, 0.6) is 0 Å². The molecule has 0 fully saturated rings. The van der Waals surface area contributed by atoms with Crippen LogP contribution in [-0.2, 0) is 12.1 Å². The van der Waals surface area contributed by atoms with Crippen LogP contribution in [0.2, 0.25) is 0 Å². The molecule has 1 aromatic heterocycles. The van der Waals surface area contributed by atoms with Crippen LogP contribution >= 0.6 is 0 Å². The highest BCUT2D eigenvalue weighted by Gasteiger charge is 2.45. The molecule has 0 N–H and O–H groups in total. The van der Waals surface area contributed by atoms with Crippen molar-refractivity contribution in [2.45, 2.75) is 31.4 Å². The van der Waals surface area contributed by atoms with E-state index in [-0.39, 0.29) is 18.1 Å². The summed E-state index contributed by atoms with van der Waals surface area (Å²) in [5.74, 6) is -1.15. The molecular weight excluding hydrogens is 508 g/mol. The Hall–Kier alpha value is -3.72. The molecule has 1 atom stereocenters. The molecule has 2 aromatic carbocycles. The second-order valence-corrected chi connectivity index (χ2v) is 9.93. The number of hydrogen-bond acceptors (Lipinski definition) is 3. The second-order valence-electron chi connectivity index (χ2n) is 9.93. The zero-order valence-electron chi connectivity index (χ0n) is 22.0. The van der Waals surface area contributed by atoms with Crippen LogP contribution in [0.3, 0.4) is 0 Å². The Labute approximate surface area is 226 Å². The summed E-state index contributed by atoms with van der Waals surface area (Å²) in [4.78, 5) is 22.3. The first-order valence-electron chi connectivity index (χ1n) is 12.8. The van der Waals surface area contributed by atoms with E-state index in [2.05, 4.69) is 4.98 Å². The SMILES string of the molecule is CN(C)C(=O)N1CC(c2cc(F)ccc2F)=CC1(CCCN(Cc1ccncc1)CC(F)F)c1ccccc1. The van der Waals surface area contributed by atoms with Gasteiger partial charge in [0.2, 0.25) is 0 Å². The lowest BCUT2D eigenvalue weighted by Crippen LogP contribution is -2.49. The largest absolute Gasteiger partial charge is 0.331 e. The van der Waals surface area contributed by atoms with Crippen molar-refractivity contribution >= 4 is 11.6 Å². The highest BCUT2D eigenvalue weighted by molar-refractivity contribution is 5.83. The summed E-state index contributed by atoms with van der Waals surface area (Å²) in [5, 5.41) is 0. The van der Waals surface area contributed by atoms with Crippen LogP contribution < -0.4 is 0 Å². The molecule has 2 amide bonds. The topological polar surface area (TPSA) is 39.7 Å². The highest BCUT2D eigenvalue weighted by atomic mass is 19.3. The van der Waals surface area contributed by atoms with Gasteiger partial charge in [0.15, 0.2) is 0 Å². The summed E-state index contributed by atoms with van der Waals surface area (Å²) in [7, 11) is 3.27. The van der Waals surface area contributed by atoms with Crippen molar-refractivity contribution in [1.82, 2.24) is 19.7 Å². The summed E-state index contributed by atoms with van der Waals surface area (Å²) in [6.07, 6.45) is 3.45. The summed E-state index contributed by atoms with van der Waals surface area (Å²) in [5.41, 5.74) is 1.29. The van der Waals surface area contributed by atoms with Crippen molar-refractivity contribution in [2.24, 2.45) is 0 Å². The van der Waals surface area contributed by atoms with Crippen molar-refractivity contribution in [1.29, 1.82) is 0 Å². The number of amides is 2. The first-order valence-corrected chi connectivity index (χ1v) is 12.8. The minimum absolute atomic E-state index is 0.0735. The average Bonchev–Trinajstić information content (AvgIpc) is 3.30. The number of pyridine rings is 1. The molecule has 2 heterocycles. The smallest absolute Gasteiger partial charge is 0.320 e. The van der Waals surface area contributed by atoms with Crippen molar-refractivity contribution in [2.75, 3.05) is 33.7 Å². The summed E-state index contributed by atoms with van der Waals surface area (Å²) in [6.45, 7) is 0.366. The fraction of sp³-hybridized carbons (Fsp3) is 0.333. The van der Waals surface area contributed by atoms with Crippen molar-refractivity contribution in [3.8, 4) is 0 Å². The third kappa shape index (κ3) is 6.65. The number of aromatic nitrogens is 1. The van der Waals surface area contributed by atoms with E-state index < -0.39 is 30.1 Å². The molecule has 0 spiro atoms. The average molecular weight is 541 g/mol. The number of carbonyl (C=O) groups is 1. The maximum absolute atomic E-state index is 14.8. The maximum atomic E-state index is 14.8. The van der Waals surface area contributed by atoms with Gasteiger partial charge in [-0.2, -0.15) is 0 Å². The Morgan fingerprint density at radius 3 is 2.44 bits per heavy atom. The van der Waals surface area contributed by atoms with E-state index in [0.29, 0.717) is 31.5 Å². The number of carbonyl (C=O) groups excluding carboxylic acids is 1. The summed E-state index contributed by atoms with van der Waals surface area (Å²) < 4.78 is 55.8. The van der Waals surface area contributed by atoms with Gasteiger partial charge in [-0.05, 0) is 72.5 Å². The monoisotopic (exact) mass is 540 g/mol. The second kappa shape index (κ2) is 12.4. The fourth-order valence-corrected chi connectivity index (χ4v) is 5.18. The summed E-state index contributed by atoms with van der Waals surface area (Å²) in [6, 6.07) is 15.9. The molecule has 206 valence electrons. The number of rotatable bonds is 10. The first-order chi connectivity index (χ1) is 18.7. The lowest BCUT2D eigenvalue weighted by Gasteiger charge is -2.40. The van der Waals surface area contributed by atoms with Crippen molar-refractivity contribution < 1.29 is 22.4 Å². The van der Waals surface area contributed by atoms with Gasteiger partial charge in [0, 0.05) is 45.1 Å². The molecule has 0 bridgehead atoms. The third-order valence-electron chi connectivity index (χ3n) is 6.97. The fourth-order valence-electron chi connectivity index (χ4n) is 5.18. The van der Waals surface area contributed by atoms with E-state index in [1.54, 1.807) is 48.4 Å². The van der Waals surface area contributed by atoms with Gasteiger partial charge in [0.1, 0.15) is 11.6 Å². The van der Waals surface area contributed by atoms with Crippen molar-refractivity contribution in [3.05, 3.63) is 107 Å². The Balaban J connectivity index is 1.70. The zero-order chi connectivity index (χ0) is 28.0. The lowest BCUT2D eigenvalue weighted by molar-refractivity contribution is 0.0799. The van der Waals surface area contributed by atoms with Crippen LogP contribution in [0, 0.1) is 11.6 Å². The Kier molecular flexibility index (Phi) is 9.01. The molecule has 0 aliphatic carbocycles. The van der Waals surface area contributed by atoms with E-state index in [0.717, 1.165) is 29.3 Å². The van der Waals surface area contributed by atoms with Gasteiger partial charge in [-0.25, -0.2) is 22.4 Å². The Bertz CT molecular complexity index is 1290. The molecule has 5 nitrogen and oxygen atoms in total. The quantitative estimate of drug-likeness (QED) is 0.288. The Morgan fingerprint density at radius 2 is 1.77 bits per heavy atom. The number of benzene rings is 2. The number of halogens is 4. The maximum Gasteiger partial charge on any atom is 0.320 e. The molecule has 39 heavy (non-hydrogen) atoms. The van der Waals surface area contributed by atoms with Gasteiger partial charge < -0.3 is 9.80 Å². The number of alkyl halides is 2. The van der Waals surface area contributed by atoms with Crippen molar-refractivity contribution in [3.63, 3.8) is 0 Å². The minimum Gasteiger partial charge on any atom is -0.331 e. The highest BCUT2D eigenvalue weighted by Crippen LogP contribution is 2.44. The molecule has 0 saturated carbocycles.